The molecule has 0 aliphatic heterocycles. The number of hydrazone groups is 1. The Balaban J connectivity index is 1.76. The minimum Gasteiger partial charge on any atom is -0.497 e. The summed E-state index contributed by atoms with van der Waals surface area (Å²) in [6.45, 7) is 1.76. The van der Waals surface area contributed by atoms with Gasteiger partial charge in [-0.3, -0.25) is 4.79 Å². The van der Waals surface area contributed by atoms with Gasteiger partial charge < -0.3 is 19.5 Å². The largest absolute Gasteiger partial charge is 0.497 e. The topological polar surface area (TPSA) is 113 Å². The predicted octanol–water partition coefficient (Wildman–Crippen LogP) is 1.58. The fourth-order valence-corrected chi connectivity index (χ4v) is 3.78. The number of benzene rings is 2. The maximum atomic E-state index is 12.5. The third-order valence-corrected chi connectivity index (χ3v) is 5.44. The van der Waals surface area contributed by atoms with E-state index in [9.17, 15) is 14.8 Å². The number of nitrogens with zero attached hydrogens (tertiary/aromatic N) is 2. The molecule has 0 saturated carbocycles. The number of para-hydroxylation sites is 1. The molecule has 0 atom stereocenters. The summed E-state index contributed by atoms with van der Waals surface area (Å²) in [6.07, 6.45) is 1.40. The molecule has 10 heteroatoms. The second kappa shape index (κ2) is 9.53. The Kier molecular flexibility index (Phi) is 6.83. The monoisotopic (exact) mass is 425 g/mol. The van der Waals surface area contributed by atoms with Crippen molar-refractivity contribution >= 4 is 36.0 Å². The minimum absolute atomic E-state index is 0.201. The van der Waals surface area contributed by atoms with Gasteiger partial charge >= 0.3 is 7.12 Å². The van der Waals surface area contributed by atoms with Gasteiger partial charge in [-0.2, -0.15) is 5.10 Å². The van der Waals surface area contributed by atoms with Gasteiger partial charge in [0.1, 0.15) is 21.4 Å². The number of carbonyl (C=O) groups is 1. The summed E-state index contributed by atoms with van der Waals surface area (Å²) in [5.41, 5.74) is 4.63. The van der Waals surface area contributed by atoms with Crippen LogP contribution in [0.15, 0.2) is 47.6 Å². The molecule has 3 N–H and O–H groups in total. The number of hydrogen-bond donors (Lipinski definition) is 3. The van der Waals surface area contributed by atoms with E-state index in [1.54, 1.807) is 26.2 Å². The van der Waals surface area contributed by atoms with E-state index in [0.29, 0.717) is 32.6 Å². The summed E-state index contributed by atoms with van der Waals surface area (Å²) in [7, 11) is 1.34. The van der Waals surface area contributed by atoms with E-state index in [1.807, 2.05) is 24.3 Å². The molecule has 30 heavy (non-hydrogen) atoms. The molecule has 3 rings (SSSR count). The zero-order valence-electron chi connectivity index (χ0n) is 16.6. The van der Waals surface area contributed by atoms with Gasteiger partial charge in [0, 0.05) is 5.46 Å². The first-order valence-electron chi connectivity index (χ1n) is 8.93. The summed E-state index contributed by atoms with van der Waals surface area (Å²) >= 11 is 1.25. The lowest BCUT2D eigenvalue weighted by molar-refractivity contribution is 0.0958. The smallest absolute Gasteiger partial charge is 0.492 e. The van der Waals surface area contributed by atoms with Gasteiger partial charge in [0.15, 0.2) is 0 Å². The van der Waals surface area contributed by atoms with Crippen molar-refractivity contribution in [1.29, 1.82) is 0 Å². The Morgan fingerprint density at radius 2 is 1.90 bits per heavy atom. The molecule has 8 nitrogen and oxygen atoms in total. The van der Waals surface area contributed by atoms with Crippen LogP contribution in [0, 0.1) is 6.92 Å². The fraction of sp³-hybridized carbons (Fsp3) is 0.150. The van der Waals surface area contributed by atoms with Crippen LogP contribution in [0.2, 0.25) is 0 Å². The van der Waals surface area contributed by atoms with Crippen LogP contribution in [0.4, 0.5) is 0 Å². The normalized spacial score (nSPS) is 10.8. The first-order valence-corrected chi connectivity index (χ1v) is 9.74. The third-order valence-electron chi connectivity index (χ3n) is 4.25. The molecule has 1 amide bonds. The molecule has 1 heterocycles. The first-order chi connectivity index (χ1) is 14.4. The van der Waals surface area contributed by atoms with Crippen molar-refractivity contribution < 1.29 is 24.3 Å². The van der Waals surface area contributed by atoms with E-state index in [1.165, 1.54) is 30.7 Å². The van der Waals surface area contributed by atoms with Crippen LogP contribution >= 0.6 is 11.3 Å². The van der Waals surface area contributed by atoms with Crippen molar-refractivity contribution in [3.8, 4) is 22.1 Å². The van der Waals surface area contributed by atoms with Gasteiger partial charge in [-0.1, -0.05) is 12.1 Å². The zero-order valence-corrected chi connectivity index (χ0v) is 17.4. The van der Waals surface area contributed by atoms with E-state index < -0.39 is 13.0 Å². The maximum Gasteiger partial charge on any atom is 0.492 e. The van der Waals surface area contributed by atoms with Crippen LogP contribution in [0.25, 0.3) is 10.6 Å². The lowest BCUT2D eigenvalue weighted by Crippen LogP contribution is -2.31. The summed E-state index contributed by atoms with van der Waals surface area (Å²) in [5.74, 6) is 0.631. The SMILES string of the molecule is COc1ccc(/C=N/NC(=O)c2sc(-c3ccccc3OC)nc2C)cc1B(O)O. The van der Waals surface area contributed by atoms with Crippen molar-refractivity contribution in [2.75, 3.05) is 14.2 Å². The van der Waals surface area contributed by atoms with Crippen molar-refractivity contribution in [2.45, 2.75) is 6.92 Å². The van der Waals surface area contributed by atoms with E-state index in [-0.39, 0.29) is 5.46 Å². The van der Waals surface area contributed by atoms with Crippen molar-refractivity contribution in [3.05, 3.63) is 58.6 Å². The molecular weight excluding hydrogens is 405 g/mol. The minimum atomic E-state index is -1.68. The zero-order chi connectivity index (χ0) is 21.7. The highest BCUT2D eigenvalue weighted by Crippen LogP contribution is 2.34. The van der Waals surface area contributed by atoms with Gasteiger partial charge in [0.05, 0.1) is 31.7 Å². The quantitative estimate of drug-likeness (QED) is 0.301. The number of nitrogens with one attached hydrogen (secondary N) is 1. The van der Waals surface area contributed by atoms with Gasteiger partial charge in [-0.25, -0.2) is 10.4 Å². The summed E-state index contributed by atoms with van der Waals surface area (Å²) in [4.78, 5) is 17.5. The number of ether oxygens (including phenoxy) is 2. The van der Waals surface area contributed by atoms with Crippen molar-refractivity contribution in [1.82, 2.24) is 10.4 Å². The van der Waals surface area contributed by atoms with Crippen LogP contribution in [0.5, 0.6) is 11.5 Å². The summed E-state index contributed by atoms with van der Waals surface area (Å²) in [5, 5.41) is 23.5. The Morgan fingerprint density at radius 3 is 2.60 bits per heavy atom. The number of carbonyl (C=O) groups excluding carboxylic acids is 1. The average Bonchev–Trinajstić information content (AvgIpc) is 3.15. The average molecular weight is 425 g/mol. The number of hydrogen-bond acceptors (Lipinski definition) is 8. The standard InChI is InChI=1S/C20H20BN3O5S/c1-12-18(30-20(23-12)14-6-4-5-7-16(14)28-2)19(25)24-22-11-13-8-9-17(29-3)15(10-13)21(26)27/h4-11,26-27H,1-3H3,(H,24,25)/b22-11+. The van der Waals surface area contributed by atoms with Crippen molar-refractivity contribution in [2.24, 2.45) is 5.10 Å². The number of thiazole rings is 1. The van der Waals surface area contributed by atoms with Crippen molar-refractivity contribution in [3.63, 3.8) is 0 Å². The molecule has 0 aliphatic rings. The molecule has 0 spiro atoms. The van der Waals surface area contributed by atoms with E-state index in [4.69, 9.17) is 9.47 Å². The Hall–Kier alpha value is -3.21. The highest BCUT2D eigenvalue weighted by atomic mass is 32.1. The van der Waals surface area contributed by atoms with Crippen LogP contribution in [-0.4, -0.2) is 48.5 Å². The molecule has 2 aromatic carbocycles. The lowest BCUT2D eigenvalue weighted by Gasteiger charge is -2.08. The van der Waals surface area contributed by atoms with Gasteiger partial charge in [0.25, 0.3) is 5.91 Å². The molecule has 154 valence electrons. The Morgan fingerprint density at radius 1 is 1.17 bits per heavy atom. The van der Waals surface area contributed by atoms with Crippen LogP contribution in [0.3, 0.4) is 0 Å². The first kappa shape index (κ1) is 21.5. The molecule has 0 saturated heterocycles. The van der Waals surface area contributed by atoms with Gasteiger partial charge in [-0.05, 0) is 42.8 Å². The molecule has 0 radical (unpaired) electrons. The van der Waals surface area contributed by atoms with Crippen LogP contribution in [-0.2, 0) is 0 Å². The van der Waals surface area contributed by atoms with Gasteiger partial charge in [0.2, 0.25) is 0 Å². The Bertz CT molecular complexity index is 1080. The molecule has 0 bridgehead atoms. The highest BCUT2D eigenvalue weighted by Gasteiger charge is 2.19. The molecule has 0 unspecified atom stereocenters. The predicted molar refractivity (Wildman–Crippen MR) is 117 cm³/mol. The second-order valence-corrected chi connectivity index (χ2v) is 7.21. The number of methoxy groups -OCH3 is 2. The summed E-state index contributed by atoms with van der Waals surface area (Å²) < 4.78 is 10.4. The number of amides is 1. The molecular formula is C20H20BN3O5S. The second-order valence-electron chi connectivity index (χ2n) is 6.21. The summed E-state index contributed by atoms with van der Waals surface area (Å²) in [6, 6.07) is 12.2. The van der Waals surface area contributed by atoms with E-state index in [2.05, 4.69) is 15.5 Å². The van der Waals surface area contributed by atoms with E-state index in [0.717, 1.165) is 5.56 Å². The molecule has 3 aromatic rings. The van der Waals surface area contributed by atoms with E-state index >= 15 is 0 Å². The Labute approximate surface area is 178 Å². The number of aryl methyl sites for hydroxylation is 1. The molecule has 0 aliphatic carbocycles. The molecule has 1 aromatic heterocycles. The highest BCUT2D eigenvalue weighted by molar-refractivity contribution is 7.17. The number of rotatable bonds is 7. The third kappa shape index (κ3) is 4.68. The van der Waals surface area contributed by atoms with Gasteiger partial charge in [-0.15, -0.1) is 11.3 Å². The fourth-order valence-electron chi connectivity index (χ4n) is 2.79. The number of aromatic nitrogens is 1. The van der Waals surface area contributed by atoms with Crippen LogP contribution in [0.1, 0.15) is 20.9 Å². The van der Waals surface area contributed by atoms with Crippen LogP contribution < -0.4 is 20.4 Å². The molecule has 0 fully saturated rings. The maximum absolute atomic E-state index is 12.5. The lowest BCUT2D eigenvalue weighted by atomic mass is 9.79.